The monoisotopic (exact) mass is 512 g/mol. The first-order chi connectivity index (χ1) is 17.0. The summed E-state index contributed by atoms with van der Waals surface area (Å²) in [5.74, 6) is -1.55. The van der Waals surface area contributed by atoms with Gasteiger partial charge in [0.05, 0.1) is 22.5 Å². The molecule has 2 aromatic rings. The van der Waals surface area contributed by atoms with Gasteiger partial charge in [0.15, 0.2) is 0 Å². The smallest absolute Gasteiger partial charge is 0.307 e. The third kappa shape index (κ3) is 6.97. The lowest BCUT2D eigenvalue weighted by Gasteiger charge is -2.23. The number of rotatable bonds is 11. The van der Waals surface area contributed by atoms with Crippen molar-refractivity contribution in [1.82, 2.24) is 10.3 Å². The van der Waals surface area contributed by atoms with E-state index in [0.717, 1.165) is 0 Å². The molecule has 0 aromatic heterocycles. The number of hydrogen-bond donors (Lipinski definition) is 1. The number of amides is 2. The maximum Gasteiger partial charge on any atom is 0.307 e. The molecule has 1 aliphatic rings. The highest BCUT2D eigenvalue weighted by Crippen LogP contribution is 2.26. The number of nitro benzene ring substituents is 1. The molecule has 2 amide bonds. The molecule has 1 heterocycles. The number of fused-ring (bicyclic) bond motifs is 1. The van der Waals surface area contributed by atoms with Crippen LogP contribution in [-0.4, -0.2) is 52.9 Å². The van der Waals surface area contributed by atoms with Crippen LogP contribution < -0.4 is 5.23 Å². The number of imide groups is 1. The fourth-order valence-electron chi connectivity index (χ4n) is 3.77. The lowest BCUT2D eigenvalue weighted by Crippen LogP contribution is -2.38. The zero-order valence-corrected chi connectivity index (χ0v) is 21.5. The zero-order valence-electron chi connectivity index (χ0n) is 20.4. The van der Waals surface area contributed by atoms with Crippen LogP contribution in [0.4, 0.5) is 5.69 Å². The van der Waals surface area contributed by atoms with Crippen LogP contribution in [0, 0.1) is 10.1 Å². The Balaban J connectivity index is 1.76. The van der Waals surface area contributed by atoms with Gasteiger partial charge < -0.3 is 9.96 Å². The van der Waals surface area contributed by atoms with Crippen molar-refractivity contribution in [2.45, 2.75) is 51.9 Å². The standard InChI is InChI=1S/C24H28BN3O7P/c1-24(2,3)35-21(29)12-17(26-25-14-36)11-16-10-15(8-9-20(16)28(32)33)13-34-27-22(30)18-6-4-5-7-19(18)23(27)31/h4-10,17,26H,11-14,36H2,1-3H3/t17-/m0/s1. The van der Waals surface area contributed by atoms with E-state index in [4.69, 9.17) is 9.57 Å². The number of esters is 1. The average Bonchev–Trinajstić information content (AvgIpc) is 3.04. The maximum absolute atomic E-state index is 12.5. The van der Waals surface area contributed by atoms with Gasteiger partial charge in [-0.05, 0) is 63.1 Å². The van der Waals surface area contributed by atoms with Crippen LogP contribution in [0.5, 0.6) is 0 Å². The Bertz CT molecular complexity index is 1130. The van der Waals surface area contributed by atoms with Gasteiger partial charge in [0.2, 0.25) is 7.41 Å². The summed E-state index contributed by atoms with van der Waals surface area (Å²) >= 11 is 0. The Hall–Kier alpha value is -3.14. The molecule has 3 rings (SSSR count). The van der Waals surface area contributed by atoms with E-state index in [0.29, 0.717) is 22.3 Å². The Morgan fingerprint density at radius 1 is 1.17 bits per heavy atom. The molecule has 2 aromatic carbocycles. The van der Waals surface area contributed by atoms with Gasteiger partial charge in [-0.3, -0.25) is 29.3 Å². The van der Waals surface area contributed by atoms with Crippen molar-refractivity contribution in [2.24, 2.45) is 0 Å². The molecule has 12 heteroatoms. The van der Waals surface area contributed by atoms with E-state index in [1.54, 1.807) is 58.5 Å². The SMILES string of the molecule is CC(C)(C)OC(=O)C[C@H](Cc1cc(CON2C(=O)c3ccccc3C2=O)ccc1[N+](=O)[O-])N[B]CP. The van der Waals surface area contributed by atoms with Gasteiger partial charge >= 0.3 is 5.97 Å². The minimum absolute atomic E-state index is 0.00532. The number of nitrogens with one attached hydrogen (secondary N) is 1. The van der Waals surface area contributed by atoms with Gasteiger partial charge in [0, 0.05) is 17.7 Å². The number of nitro groups is 1. The normalized spacial score (nSPS) is 13.9. The van der Waals surface area contributed by atoms with Crippen LogP contribution in [0.25, 0.3) is 0 Å². The van der Waals surface area contributed by atoms with E-state index in [2.05, 4.69) is 14.5 Å². The van der Waals surface area contributed by atoms with Gasteiger partial charge in [0.1, 0.15) is 12.2 Å². The van der Waals surface area contributed by atoms with Crippen molar-refractivity contribution in [1.29, 1.82) is 0 Å². The summed E-state index contributed by atoms with van der Waals surface area (Å²) in [6, 6.07) is 11.0. The molecule has 1 N–H and O–H groups in total. The van der Waals surface area contributed by atoms with E-state index < -0.39 is 34.3 Å². The highest BCUT2D eigenvalue weighted by Gasteiger charge is 2.36. The molecular weight excluding hydrogens is 484 g/mol. The minimum Gasteiger partial charge on any atom is -0.460 e. The summed E-state index contributed by atoms with van der Waals surface area (Å²) in [6.07, 6.45) is 0.170. The van der Waals surface area contributed by atoms with Gasteiger partial charge in [-0.25, -0.2) is 0 Å². The molecular formula is C24H28BN3O7P. The summed E-state index contributed by atoms with van der Waals surface area (Å²) in [5, 5.41) is 15.5. The average molecular weight is 512 g/mol. The predicted molar refractivity (Wildman–Crippen MR) is 136 cm³/mol. The molecule has 0 bridgehead atoms. The van der Waals surface area contributed by atoms with Crippen molar-refractivity contribution in [3.63, 3.8) is 0 Å². The van der Waals surface area contributed by atoms with Crippen LogP contribution in [0.1, 0.15) is 59.0 Å². The van der Waals surface area contributed by atoms with E-state index in [-0.39, 0.29) is 36.3 Å². The molecule has 2 atom stereocenters. The summed E-state index contributed by atoms with van der Waals surface area (Å²) in [7, 11) is 4.28. The quantitative estimate of drug-likeness (QED) is 0.122. The van der Waals surface area contributed by atoms with Crippen molar-refractivity contribution in [3.05, 3.63) is 74.8 Å². The second kappa shape index (κ2) is 11.7. The fourth-order valence-corrected chi connectivity index (χ4v) is 3.90. The first-order valence-electron chi connectivity index (χ1n) is 11.4. The molecule has 1 unspecified atom stereocenters. The van der Waals surface area contributed by atoms with E-state index in [1.165, 1.54) is 12.1 Å². The van der Waals surface area contributed by atoms with Crippen LogP contribution in [-0.2, 0) is 27.4 Å². The molecule has 0 saturated heterocycles. The molecule has 1 aliphatic heterocycles. The number of carbonyl (C=O) groups is 3. The third-order valence-corrected chi connectivity index (χ3v) is 5.46. The van der Waals surface area contributed by atoms with Crippen molar-refractivity contribution >= 4 is 40.1 Å². The van der Waals surface area contributed by atoms with Crippen LogP contribution in [0.15, 0.2) is 42.5 Å². The Morgan fingerprint density at radius 3 is 2.36 bits per heavy atom. The lowest BCUT2D eigenvalue weighted by atomic mass is 9.92. The highest BCUT2D eigenvalue weighted by molar-refractivity contribution is 7.20. The summed E-state index contributed by atoms with van der Waals surface area (Å²) < 4.78 is 5.41. The number of carbonyl (C=O) groups excluding carboxylic acids is 3. The van der Waals surface area contributed by atoms with Crippen LogP contribution >= 0.6 is 9.24 Å². The number of hydrogen-bond acceptors (Lipinski definition) is 8. The fraction of sp³-hybridized carbons (Fsp3) is 0.375. The van der Waals surface area contributed by atoms with Gasteiger partial charge in [-0.15, -0.1) is 14.3 Å². The minimum atomic E-state index is -0.653. The highest BCUT2D eigenvalue weighted by atomic mass is 31.0. The Kier molecular flexibility index (Phi) is 8.95. The van der Waals surface area contributed by atoms with Crippen molar-refractivity contribution in [2.75, 3.05) is 6.06 Å². The van der Waals surface area contributed by atoms with Gasteiger partial charge in [-0.1, -0.05) is 12.1 Å². The zero-order chi connectivity index (χ0) is 26.5. The first-order valence-corrected chi connectivity index (χ1v) is 12.2. The molecule has 1 radical (unpaired) electrons. The number of hydroxylamine groups is 2. The number of nitrogens with zero attached hydrogens (tertiary/aromatic N) is 2. The third-order valence-electron chi connectivity index (χ3n) is 5.23. The molecule has 0 fully saturated rings. The topological polar surface area (TPSA) is 128 Å². The van der Waals surface area contributed by atoms with E-state index in [1.807, 2.05) is 0 Å². The largest absolute Gasteiger partial charge is 0.460 e. The Labute approximate surface area is 212 Å². The van der Waals surface area contributed by atoms with E-state index in [9.17, 15) is 24.5 Å². The van der Waals surface area contributed by atoms with Crippen molar-refractivity contribution in [3.8, 4) is 0 Å². The van der Waals surface area contributed by atoms with Crippen LogP contribution in [0.2, 0.25) is 0 Å². The maximum atomic E-state index is 12.5. The molecule has 189 valence electrons. The van der Waals surface area contributed by atoms with Crippen molar-refractivity contribution < 1.29 is 28.9 Å². The number of ether oxygens (including phenoxy) is 1. The van der Waals surface area contributed by atoms with E-state index >= 15 is 0 Å². The van der Waals surface area contributed by atoms with Gasteiger partial charge in [-0.2, -0.15) is 0 Å². The summed E-state index contributed by atoms with van der Waals surface area (Å²) in [4.78, 5) is 54.1. The molecule has 36 heavy (non-hydrogen) atoms. The summed E-state index contributed by atoms with van der Waals surface area (Å²) in [6.45, 7) is 5.15. The molecule has 0 aliphatic carbocycles. The Morgan fingerprint density at radius 2 is 1.81 bits per heavy atom. The molecule has 0 saturated carbocycles. The summed E-state index contributed by atoms with van der Waals surface area (Å²) in [5.41, 5.74) is 0.655. The molecule has 10 nitrogen and oxygen atoms in total. The first kappa shape index (κ1) is 27.5. The lowest BCUT2D eigenvalue weighted by molar-refractivity contribution is -0.385. The second-order valence-corrected chi connectivity index (χ2v) is 9.71. The van der Waals surface area contributed by atoms with Gasteiger partial charge in [0.25, 0.3) is 17.5 Å². The van der Waals surface area contributed by atoms with Crippen LogP contribution in [0.3, 0.4) is 0 Å². The number of benzene rings is 2. The molecule has 0 spiro atoms. The second-order valence-electron chi connectivity index (χ2n) is 9.24. The predicted octanol–water partition coefficient (Wildman–Crippen LogP) is 3.01.